The Balaban J connectivity index is 1.14. The van der Waals surface area contributed by atoms with Crippen LogP contribution in [-0.4, -0.2) is 0 Å². The van der Waals surface area contributed by atoms with Crippen LogP contribution in [0.5, 0.6) is 0 Å². The van der Waals surface area contributed by atoms with E-state index in [1.54, 1.807) is 0 Å². The maximum absolute atomic E-state index is 6.96. The number of fused-ring (bicyclic) bond motifs is 14. The molecule has 1 aliphatic carbocycles. The zero-order chi connectivity index (χ0) is 40.1. The lowest BCUT2D eigenvalue weighted by Gasteiger charge is -2.34. The molecule has 0 unspecified atom stereocenters. The highest BCUT2D eigenvalue weighted by Crippen LogP contribution is 2.59. The van der Waals surface area contributed by atoms with E-state index in [1.807, 2.05) is 0 Å². The summed E-state index contributed by atoms with van der Waals surface area (Å²) >= 11 is 0. The number of rotatable bonds is 5. The van der Waals surface area contributed by atoms with Gasteiger partial charge in [-0.2, -0.15) is 0 Å². The normalized spacial score (nSPS) is 13.0. The molecule has 0 aliphatic heterocycles. The van der Waals surface area contributed by atoms with Crippen molar-refractivity contribution >= 4 is 82.1 Å². The Morgan fingerprint density at radius 1 is 0.344 bits per heavy atom. The van der Waals surface area contributed by atoms with Crippen molar-refractivity contribution < 1.29 is 4.42 Å². The highest BCUT2D eigenvalue weighted by molar-refractivity contribution is 6.26. The van der Waals surface area contributed by atoms with Crippen molar-refractivity contribution in [2.75, 3.05) is 4.90 Å². The van der Waals surface area contributed by atoms with Crippen LogP contribution in [0.1, 0.15) is 22.3 Å². The molecular formula is C59H37NO. The van der Waals surface area contributed by atoms with Gasteiger partial charge in [0.05, 0.1) is 11.1 Å². The minimum absolute atomic E-state index is 0.577. The first-order chi connectivity index (χ1) is 30.3. The standard InChI is InChI=1S/C59H37NO/c1-3-18-39(19-4-1)59(40-20-5-2-6-21-40)53-34-31-42(37-52(53)57-54(59)35-33-50-49-27-13-14-29-56(49)61-58(50)57)60(55-28-15-17-38-16-7-8-22-43(38)55)41-30-32-48-46-25-10-9-23-44(46)45-24-11-12-26-47(45)51(48)36-41/h1-37H. The van der Waals surface area contributed by atoms with E-state index in [0.29, 0.717) is 0 Å². The van der Waals surface area contributed by atoms with Crippen LogP contribution in [0.25, 0.3) is 76.2 Å². The van der Waals surface area contributed by atoms with Crippen LogP contribution in [0.2, 0.25) is 0 Å². The monoisotopic (exact) mass is 775 g/mol. The molecule has 1 aliphatic rings. The van der Waals surface area contributed by atoms with Crippen molar-refractivity contribution in [3.8, 4) is 11.1 Å². The van der Waals surface area contributed by atoms with Crippen molar-refractivity contribution in [1.82, 2.24) is 0 Å². The average Bonchev–Trinajstić information content (AvgIpc) is 3.86. The summed E-state index contributed by atoms with van der Waals surface area (Å²) in [6.45, 7) is 0. The Labute approximate surface area is 353 Å². The first-order valence-corrected chi connectivity index (χ1v) is 21.1. The zero-order valence-electron chi connectivity index (χ0n) is 33.2. The van der Waals surface area contributed by atoms with Crippen LogP contribution in [0.15, 0.2) is 229 Å². The van der Waals surface area contributed by atoms with Crippen LogP contribution >= 0.6 is 0 Å². The van der Waals surface area contributed by atoms with E-state index >= 15 is 0 Å². The summed E-state index contributed by atoms with van der Waals surface area (Å²) in [5, 5.41) is 12.2. The first-order valence-electron chi connectivity index (χ1n) is 21.1. The van der Waals surface area contributed by atoms with E-state index in [0.717, 1.165) is 44.6 Å². The Morgan fingerprint density at radius 3 is 1.56 bits per heavy atom. The van der Waals surface area contributed by atoms with Gasteiger partial charge in [-0.05, 0) is 102 Å². The minimum atomic E-state index is -0.577. The molecule has 0 spiro atoms. The van der Waals surface area contributed by atoms with Crippen LogP contribution in [0, 0.1) is 0 Å². The predicted molar refractivity (Wildman–Crippen MR) is 256 cm³/mol. The Morgan fingerprint density at radius 2 is 0.852 bits per heavy atom. The van der Waals surface area contributed by atoms with E-state index < -0.39 is 5.41 Å². The third-order valence-corrected chi connectivity index (χ3v) is 13.3. The van der Waals surface area contributed by atoms with Gasteiger partial charge < -0.3 is 9.32 Å². The lowest BCUT2D eigenvalue weighted by atomic mass is 9.67. The van der Waals surface area contributed by atoms with Crippen molar-refractivity contribution in [2.24, 2.45) is 0 Å². The third-order valence-electron chi connectivity index (χ3n) is 13.3. The van der Waals surface area contributed by atoms with Gasteiger partial charge in [0.1, 0.15) is 11.2 Å². The Kier molecular flexibility index (Phi) is 7.26. The van der Waals surface area contributed by atoms with E-state index in [9.17, 15) is 0 Å². The molecular weight excluding hydrogens is 739 g/mol. The van der Waals surface area contributed by atoms with Crippen molar-refractivity contribution in [3.63, 3.8) is 0 Å². The van der Waals surface area contributed by atoms with Crippen LogP contribution in [0.3, 0.4) is 0 Å². The second-order valence-corrected chi connectivity index (χ2v) is 16.3. The smallest absolute Gasteiger partial charge is 0.143 e. The number of benzene rings is 11. The number of nitrogens with zero attached hydrogens (tertiary/aromatic N) is 1. The second-order valence-electron chi connectivity index (χ2n) is 16.3. The largest absolute Gasteiger partial charge is 0.455 e. The summed E-state index contributed by atoms with van der Waals surface area (Å²) in [6.07, 6.45) is 0. The quantitative estimate of drug-likeness (QED) is 0.162. The van der Waals surface area contributed by atoms with Gasteiger partial charge in [0.15, 0.2) is 0 Å². The molecule has 61 heavy (non-hydrogen) atoms. The summed E-state index contributed by atoms with van der Waals surface area (Å²) < 4.78 is 6.96. The van der Waals surface area contributed by atoms with E-state index in [2.05, 4.69) is 229 Å². The highest BCUT2D eigenvalue weighted by Gasteiger charge is 2.47. The highest BCUT2D eigenvalue weighted by atomic mass is 16.3. The van der Waals surface area contributed by atoms with Crippen molar-refractivity contribution in [1.29, 1.82) is 0 Å². The molecule has 0 bridgehead atoms. The molecule has 0 N–H and O–H groups in total. The number of hydrogen-bond acceptors (Lipinski definition) is 2. The molecule has 0 fully saturated rings. The topological polar surface area (TPSA) is 16.4 Å². The predicted octanol–water partition coefficient (Wildman–Crippen LogP) is 16.0. The maximum atomic E-state index is 6.96. The number of furan rings is 1. The molecule has 0 saturated heterocycles. The van der Waals surface area contributed by atoms with Crippen molar-refractivity contribution in [3.05, 3.63) is 247 Å². The molecule has 0 amide bonds. The van der Waals surface area contributed by atoms with E-state index in [4.69, 9.17) is 4.42 Å². The van der Waals surface area contributed by atoms with Gasteiger partial charge in [-0.25, -0.2) is 0 Å². The summed E-state index contributed by atoms with van der Waals surface area (Å²) in [6, 6.07) is 82.4. The lowest BCUT2D eigenvalue weighted by Crippen LogP contribution is -2.28. The molecule has 1 aromatic heterocycles. The van der Waals surface area contributed by atoms with Gasteiger partial charge in [0, 0.05) is 33.1 Å². The van der Waals surface area contributed by atoms with Crippen LogP contribution in [-0.2, 0) is 5.41 Å². The fourth-order valence-corrected chi connectivity index (χ4v) is 10.7. The Hall–Kier alpha value is -7.94. The van der Waals surface area contributed by atoms with Gasteiger partial charge in [-0.15, -0.1) is 0 Å². The lowest BCUT2D eigenvalue weighted by molar-refractivity contribution is 0.669. The van der Waals surface area contributed by atoms with E-state index in [1.165, 1.54) is 70.9 Å². The van der Waals surface area contributed by atoms with E-state index in [-0.39, 0.29) is 0 Å². The van der Waals surface area contributed by atoms with Crippen LogP contribution < -0.4 is 4.90 Å². The van der Waals surface area contributed by atoms with Gasteiger partial charge in [0.2, 0.25) is 0 Å². The van der Waals surface area contributed by atoms with Crippen molar-refractivity contribution in [2.45, 2.75) is 5.41 Å². The first kappa shape index (κ1) is 34.0. The molecule has 0 atom stereocenters. The molecule has 13 rings (SSSR count). The molecule has 284 valence electrons. The number of para-hydroxylation sites is 1. The molecule has 2 heteroatoms. The maximum Gasteiger partial charge on any atom is 0.143 e. The average molecular weight is 776 g/mol. The molecule has 11 aromatic carbocycles. The fourth-order valence-electron chi connectivity index (χ4n) is 10.7. The third kappa shape index (κ3) is 4.79. The van der Waals surface area contributed by atoms with Gasteiger partial charge in [0.25, 0.3) is 0 Å². The van der Waals surface area contributed by atoms with Crippen LogP contribution in [0.4, 0.5) is 17.1 Å². The van der Waals surface area contributed by atoms with Gasteiger partial charge in [-0.1, -0.05) is 188 Å². The second kappa shape index (κ2) is 13.0. The minimum Gasteiger partial charge on any atom is -0.455 e. The summed E-state index contributed by atoms with van der Waals surface area (Å²) in [4.78, 5) is 2.47. The summed E-state index contributed by atoms with van der Waals surface area (Å²) in [5.41, 5.74) is 11.8. The number of hydrogen-bond donors (Lipinski definition) is 0. The molecule has 0 saturated carbocycles. The molecule has 12 aromatic rings. The van der Waals surface area contributed by atoms with Gasteiger partial charge >= 0.3 is 0 Å². The van der Waals surface area contributed by atoms with Gasteiger partial charge in [-0.3, -0.25) is 0 Å². The Bertz CT molecular complexity index is 3630. The number of anilines is 3. The zero-order valence-corrected chi connectivity index (χ0v) is 33.2. The molecule has 1 heterocycles. The summed E-state index contributed by atoms with van der Waals surface area (Å²) in [7, 11) is 0. The SMILES string of the molecule is c1ccc(C2(c3ccccc3)c3ccc(N(c4ccc5c6ccccc6c6ccccc6c5c4)c4cccc5ccccc45)cc3-c3c2ccc2c3oc3ccccc32)cc1. The molecule has 0 radical (unpaired) electrons. The fraction of sp³-hybridized carbons (Fsp3) is 0.0169. The summed E-state index contributed by atoms with van der Waals surface area (Å²) in [5.74, 6) is 0. The molecule has 2 nitrogen and oxygen atoms in total.